The number of nitrogens with zero attached hydrogens (tertiary/aromatic N) is 1. The lowest BCUT2D eigenvalue weighted by Crippen LogP contribution is -2.27. The molecule has 0 amide bonds. The quantitative estimate of drug-likeness (QED) is 0.766. The maximum Gasteiger partial charge on any atom is 0.255 e. The van der Waals surface area contributed by atoms with Gasteiger partial charge in [-0.25, -0.2) is 0 Å². The second-order valence-corrected chi connectivity index (χ2v) is 4.06. The van der Waals surface area contributed by atoms with Gasteiger partial charge in [-0.2, -0.15) is 0 Å². The van der Waals surface area contributed by atoms with Gasteiger partial charge in [-0.05, 0) is 38.3 Å². The number of nitrogens with two attached hydrogens (primary N) is 1. The molecule has 1 heterocycles. The van der Waals surface area contributed by atoms with Crippen molar-refractivity contribution in [3.8, 4) is 0 Å². The Hall–Kier alpha value is -1.09. The maximum absolute atomic E-state index is 12.0. The summed E-state index contributed by atoms with van der Waals surface area (Å²) in [5.41, 5.74) is 8.54. The third kappa shape index (κ3) is 1.38. The summed E-state index contributed by atoms with van der Waals surface area (Å²) >= 11 is 0. The van der Waals surface area contributed by atoms with Gasteiger partial charge in [0.05, 0.1) is 0 Å². The fraction of sp³-hybridized carbons (Fsp3) is 0.545. The van der Waals surface area contributed by atoms with Gasteiger partial charge in [0.15, 0.2) is 0 Å². The van der Waals surface area contributed by atoms with Gasteiger partial charge in [-0.15, -0.1) is 0 Å². The molecule has 0 bridgehead atoms. The molecular weight excluding hydrogens is 176 g/mol. The molecule has 0 atom stereocenters. The summed E-state index contributed by atoms with van der Waals surface area (Å²) in [7, 11) is 0. The summed E-state index contributed by atoms with van der Waals surface area (Å²) < 4.78 is 1.90. The topological polar surface area (TPSA) is 48.0 Å². The zero-order chi connectivity index (χ0) is 10.3. The average Bonchev–Trinajstić information content (AvgIpc) is 2.88. The molecule has 0 radical (unpaired) electrons. The van der Waals surface area contributed by atoms with Crippen LogP contribution in [0.1, 0.15) is 35.7 Å². The van der Waals surface area contributed by atoms with E-state index in [1.807, 2.05) is 18.4 Å². The van der Waals surface area contributed by atoms with Crippen molar-refractivity contribution < 1.29 is 0 Å². The van der Waals surface area contributed by atoms with Crippen molar-refractivity contribution in [3.63, 3.8) is 0 Å². The summed E-state index contributed by atoms with van der Waals surface area (Å²) in [5.74, 6) is 0. The summed E-state index contributed by atoms with van der Waals surface area (Å²) in [6.07, 6.45) is 2.27. The Morgan fingerprint density at radius 3 is 2.64 bits per heavy atom. The number of hydrogen-bond acceptors (Lipinski definition) is 2. The molecule has 1 aliphatic rings. The maximum atomic E-state index is 12.0. The number of hydrogen-bond donors (Lipinski definition) is 1. The van der Waals surface area contributed by atoms with Crippen molar-refractivity contribution in [2.75, 3.05) is 0 Å². The van der Waals surface area contributed by atoms with E-state index in [1.165, 1.54) is 0 Å². The average molecular weight is 192 g/mol. The van der Waals surface area contributed by atoms with Crippen LogP contribution in [-0.2, 0) is 6.54 Å². The highest BCUT2D eigenvalue weighted by Gasteiger charge is 2.26. The molecule has 1 saturated carbocycles. The van der Waals surface area contributed by atoms with E-state index in [1.54, 1.807) is 0 Å². The predicted octanol–water partition coefficient (Wildman–Crippen LogP) is 1.26. The van der Waals surface area contributed by atoms with E-state index >= 15 is 0 Å². The molecule has 0 aromatic carbocycles. The van der Waals surface area contributed by atoms with Gasteiger partial charge in [0.1, 0.15) is 0 Å². The molecule has 3 nitrogen and oxygen atoms in total. The highest BCUT2D eigenvalue weighted by atomic mass is 16.1. The van der Waals surface area contributed by atoms with E-state index in [2.05, 4.69) is 6.07 Å². The first-order valence-electron chi connectivity index (χ1n) is 5.07. The minimum absolute atomic E-state index is 0.118. The molecule has 0 spiro atoms. The van der Waals surface area contributed by atoms with Crippen LogP contribution >= 0.6 is 0 Å². The first kappa shape index (κ1) is 9.46. The number of aromatic nitrogens is 1. The molecule has 1 aliphatic carbocycles. The van der Waals surface area contributed by atoms with Crippen molar-refractivity contribution in [1.29, 1.82) is 0 Å². The molecule has 2 N–H and O–H groups in total. The predicted molar refractivity (Wildman–Crippen MR) is 56.3 cm³/mol. The van der Waals surface area contributed by atoms with Gasteiger partial charge in [-0.1, -0.05) is 0 Å². The van der Waals surface area contributed by atoms with Gasteiger partial charge in [0, 0.05) is 23.8 Å². The van der Waals surface area contributed by atoms with E-state index in [9.17, 15) is 4.79 Å². The molecule has 2 rings (SSSR count). The van der Waals surface area contributed by atoms with E-state index in [0.717, 1.165) is 29.7 Å². The lowest BCUT2D eigenvalue weighted by Gasteiger charge is -2.12. The van der Waals surface area contributed by atoms with Crippen LogP contribution < -0.4 is 11.3 Å². The van der Waals surface area contributed by atoms with Crippen LogP contribution in [0, 0.1) is 13.8 Å². The molecule has 76 valence electrons. The van der Waals surface area contributed by atoms with Crippen LogP contribution in [0.25, 0.3) is 0 Å². The smallest absolute Gasteiger partial charge is 0.255 e. The summed E-state index contributed by atoms with van der Waals surface area (Å²) in [4.78, 5) is 12.0. The van der Waals surface area contributed by atoms with Crippen molar-refractivity contribution in [1.82, 2.24) is 4.57 Å². The Labute approximate surface area is 83.5 Å². The van der Waals surface area contributed by atoms with Gasteiger partial charge in [0.2, 0.25) is 0 Å². The second-order valence-electron chi connectivity index (χ2n) is 4.06. The Kier molecular flexibility index (Phi) is 2.19. The summed E-state index contributed by atoms with van der Waals surface area (Å²) in [6, 6.07) is 2.50. The van der Waals surface area contributed by atoms with Crippen LogP contribution in [0.4, 0.5) is 0 Å². The van der Waals surface area contributed by atoms with E-state index < -0.39 is 0 Å². The van der Waals surface area contributed by atoms with Gasteiger partial charge in [0.25, 0.3) is 5.56 Å². The highest BCUT2D eigenvalue weighted by molar-refractivity contribution is 5.27. The molecule has 14 heavy (non-hydrogen) atoms. The largest absolute Gasteiger partial charge is 0.326 e. The van der Waals surface area contributed by atoms with Gasteiger partial charge >= 0.3 is 0 Å². The molecule has 0 aliphatic heterocycles. The molecule has 0 saturated heterocycles. The van der Waals surface area contributed by atoms with Crippen LogP contribution in [0.5, 0.6) is 0 Å². The summed E-state index contributed by atoms with van der Waals surface area (Å²) in [5, 5.41) is 0. The first-order valence-corrected chi connectivity index (χ1v) is 5.07. The minimum Gasteiger partial charge on any atom is -0.326 e. The Bertz CT molecular complexity index is 416. The van der Waals surface area contributed by atoms with Gasteiger partial charge in [-0.3, -0.25) is 4.79 Å². The number of pyridine rings is 1. The second kappa shape index (κ2) is 3.24. The van der Waals surface area contributed by atoms with E-state index in [-0.39, 0.29) is 5.56 Å². The van der Waals surface area contributed by atoms with Crippen molar-refractivity contribution in [2.45, 2.75) is 39.3 Å². The van der Waals surface area contributed by atoms with E-state index in [0.29, 0.717) is 12.6 Å². The van der Waals surface area contributed by atoms with Gasteiger partial charge < -0.3 is 10.3 Å². The fourth-order valence-electron chi connectivity index (χ4n) is 1.98. The highest BCUT2D eigenvalue weighted by Crippen LogP contribution is 2.34. The van der Waals surface area contributed by atoms with Crippen molar-refractivity contribution in [2.24, 2.45) is 5.73 Å². The first-order chi connectivity index (χ1) is 6.65. The molecule has 1 fully saturated rings. The van der Waals surface area contributed by atoms with Crippen LogP contribution in [-0.4, -0.2) is 4.57 Å². The number of aryl methyl sites for hydroxylation is 2. The lowest BCUT2D eigenvalue weighted by atomic mass is 10.1. The Morgan fingerprint density at radius 2 is 2.14 bits per heavy atom. The third-order valence-corrected chi connectivity index (χ3v) is 2.87. The zero-order valence-electron chi connectivity index (χ0n) is 8.71. The Morgan fingerprint density at radius 1 is 1.50 bits per heavy atom. The molecule has 1 aromatic rings. The minimum atomic E-state index is 0.118. The van der Waals surface area contributed by atoms with Crippen LogP contribution in [0.2, 0.25) is 0 Å². The molecule has 1 aromatic heterocycles. The SMILES string of the molecule is Cc1cc(C)n(C2CC2)c(=O)c1CN. The third-order valence-electron chi connectivity index (χ3n) is 2.87. The zero-order valence-corrected chi connectivity index (χ0v) is 8.71. The van der Waals surface area contributed by atoms with Crippen molar-refractivity contribution in [3.05, 3.63) is 33.2 Å². The normalized spacial score (nSPS) is 15.9. The van der Waals surface area contributed by atoms with Crippen molar-refractivity contribution >= 4 is 0 Å². The number of rotatable bonds is 2. The van der Waals surface area contributed by atoms with E-state index in [4.69, 9.17) is 5.73 Å². The molecular formula is C11H16N2O. The molecule has 0 unspecified atom stereocenters. The summed E-state index contributed by atoms with van der Waals surface area (Å²) in [6.45, 7) is 4.29. The standard InChI is InChI=1S/C11H16N2O/c1-7-5-8(2)13(9-3-4-9)11(14)10(7)6-12/h5,9H,3-4,6,12H2,1-2H3. The Balaban J connectivity index is 2.64. The fourth-order valence-corrected chi connectivity index (χ4v) is 1.98. The monoisotopic (exact) mass is 192 g/mol. The molecule has 3 heteroatoms. The lowest BCUT2D eigenvalue weighted by molar-refractivity contribution is 0.668. The van der Waals surface area contributed by atoms with Crippen LogP contribution in [0.15, 0.2) is 10.9 Å². The van der Waals surface area contributed by atoms with Crippen LogP contribution in [0.3, 0.4) is 0 Å².